The Kier molecular flexibility index (Phi) is 4.41. The van der Waals surface area contributed by atoms with Crippen molar-refractivity contribution in [1.82, 2.24) is 9.88 Å². The summed E-state index contributed by atoms with van der Waals surface area (Å²) in [6, 6.07) is 2.53. The molecule has 2 N–H and O–H groups in total. The van der Waals surface area contributed by atoms with E-state index in [4.69, 9.17) is 5.11 Å². The Morgan fingerprint density at radius 2 is 2.17 bits per heavy atom. The maximum absolute atomic E-state index is 11.8. The molecule has 0 fully saturated rings. The van der Waals surface area contributed by atoms with Gasteiger partial charge in [-0.2, -0.15) is 0 Å². The Morgan fingerprint density at radius 3 is 2.67 bits per heavy atom. The highest BCUT2D eigenvalue weighted by molar-refractivity contribution is 5.92. The molecule has 0 bridgehead atoms. The van der Waals surface area contributed by atoms with E-state index in [2.05, 4.69) is 4.98 Å². The van der Waals surface area contributed by atoms with Crippen LogP contribution in [-0.4, -0.2) is 45.4 Å². The van der Waals surface area contributed by atoms with Gasteiger partial charge in [-0.05, 0) is 17.4 Å². The molecule has 0 atom stereocenters. The van der Waals surface area contributed by atoms with Crippen LogP contribution in [0.5, 0.6) is 0 Å². The third kappa shape index (κ3) is 3.58. The second-order valence-electron chi connectivity index (χ2n) is 3.74. The lowest BCUT2D eigenvalue weighted by atomic mass is 10.3. The molecule has 8 nitrogen and oxygen atoms in total. The number of amides is 1. The smallest absolute Gasteiger partial charge is 0.321 e. The van der Waals surface area contributed by atoms with Crippen LogP contribution in [0.1, 0.15) is 23.3 Å². The van der Waals surface area contributed by atoms with Crippen LogP contribution < -0.4 is 0 Å². The number of nitro groups is 1. The number of H-pyrrole nitrogens is 1. The highest BCUT2D eigenvalue weighted by atomic mass is 16.6. The fraction of sp³-hybridized carbons (Fsp3) is 0.400. The van der Waals surface area contributed by atoms with Gasteiger partial charge in [-0.1, -0.05) is 0 Å². The normalized spacial score (nSPS) is 10.1. The summed E-state index contributed by atoms with van der Waals surface area (Å²) >= 11 is 0. The molecule has 0 aliphatic heterocycles. The minimum absolute atomic E-state index is 0.0253. The van der Waals surface area contributed by atoms with Gasteiger partial charge in [-0.25, -0.2) is 4.98 Å². The lowest BCUT2D eigenvalue weighted by Crippen LogP contribution is -2.28. The third-order valence-electron chi connectivity index (χ3n) is 2.33. The first-order chi connectivity index (χ1) is 8.41. The molecule has 1 aromatic rings. The number of aromatic amines is 1. The lowest BCUT2D eigenvalue weighted by molar-refractivity contribution is -0.389. The quantitative estimate of drug-likeness (QED) is 0.577. The van der Waals surface area contributed by atoms with Crippen molar-refractivity contribution in [1.29, 1.82) is 0 Å². The van der Waals surface area contributed by atoms with Crippen molar-refractivity contribution in [3.8, 4) is 0 Å². The average Bonchev–Trinajstić information content (AvgIpc) is 2.76. The van der Waals surface area contributed by atoms with Gasteiger partial charge in [-0.3, -0.25) is 9.59 Å². The molecule has 0 unspecified atom stereocenters. The zero-order chi connectivity index (χ0) is 13.7. The van der Waals surface area contributed by atoms with Crippen molar-refractivity contribution >= 4 is 17.7 Å². The molecule has 1 aromatic heterocycles. The fourth-order valence-electron chi connectivity index (χ4n) is 1.39. The van der Waals surface area contributed by atoms with Crippen molar-refractivity contribution in [3.63, 3.8) is 0 Å². The van der Waals surface area contributed by atoms with E-state index >= 15 is 0 Å². The maximum atomic E-state index is 11.8. The molecule has 0 spiro atoms. The van der Waals surface area contributed by atoms with Gasteiger partial charge in [-0.15, -0.1) is 0 Å². The van der Waals surface area contributed by atoms with Gasteiger partial charge in [0.05, 0.1) is 0 Å². The topological polar surface area (TPSA) is 117 Å². The first-order valence-corrected chi connectivity index (χ1v) is 5.22. The first kappa shape index (κ1) is 13.7. The molecular weight excluding hydrogens is 242 g/mol. The number of hydrogen-bond donors (Lipinski definition) is 2. The summed E-state index contributed by atoms with van der Waals surface area (Å²) in [5.41, 5.74) is 0.111. The number of nitrogens with one attached hydrogen (secondary N) is 1. The summed E-state index contributed by atoms with van der Waals surface area (Å²) in [4.78, 5) is 35.6. The number of aliphatic carboxylic acids is 1. The Labute approximate surface area is 102 Å². The van der Waals surface area contributed by atoms with Crippen molar-refractivity contribution in [2.75, 3.05) is 13.6 Å². The molecule has 1 heterocycles. The monoisotopic (exact) mass is 255 g/mol. The molecule has 0 radical (unpaired) electrons. The standard InChI is InChI=1S/C10H13N3O5/c1-12(6-2-3-9(14)15)10(16)7-4-5-8(11-7)13(17)18/h4-5,11H,2-3,6H2,1H3,(H,14,15). The van der Waals surface area contributed by atoms with E-state index in [0.29, 0.717) is 6.42 Å². The van der Waals surface area contributed by atoms with E-state index in [-0.39, 0.29) is 24.5 Å². The van der Waals surface area contributed by atoms with E-state index in [9.17, 15) is 19.7 Å². The van der Waals surface area contributed by atoms with E-state index in [1.807, 2.05) is 0 Å². The lowest BCUT2D eigenvalue weighted by Gasteiger charge is -2.14. The fourth-order valence-corrected chi connectivity index (χ4v) is 1.39. The van der Waals surface area contributed by atoms with Crippen molar-refractivity contribution in [2.45, 2.75) is 12.8 Å². The van der Waals surface area contributed by atoms with Crippen molar-refractivity contribution in [3.05, 3.63) is 27.9 Å². The summed E-state index contributed by atoms with van der Waals surface area (Å²) < 4.78 is 0. The van der Waals surface area contributed by atoms with Crippen LogP contribution in [0.4, 0.5) is 5.82 Å². The molecular formula is C10H13N3O5. The molecule has 0 saturated carbocycles. The van der Waals surface area contributed by atoms with Gasteiger partial charge in [0.25, 0.3) is 5.91 Å². The highest BCUT2D eigenvalue weighted by Gasteiger charge is 2.18. The second-order valence-corrected chi connectivity index (χ2v) is 3.74. The van der Waals surface area contributed by atoms with Gasteiger partial charge in [0, 0.05) is 26.1 Å². The minimum Gasteiger partial charge on any atom is -0.481 e. The van der Waals surface area contributed by atoms with Crippen LogP contribution >= 0.6 is 0 Å². The molecule has 18 heavy (non-hydrogen) atoms. The Morgan fingerprint density at radius 1 is 1.50 bits per heavy atom. The molecule has 98 valence electrons. The summed E-state index contributed by atoms with van der Waals surface area (Å²) in [7, 11) is 1.51. The van der Waals surface area contributed by atoms with E-state index in [1.54, 1.807) is 0 Å². The van der Waals surface area contributed by atoms with Gasteiger partial charge < -0.3 is 20.1 Å². The average molecular weight is 255 g/mol. The van der Waals surface area contributed by atoms with Gasteiger partial charge >= 0.3 is 11.8 Å². The SMILES string of the molecule is CN(CCCC(=O)O)C(=O)c1ccc([N+](=O)[O-])[nH]1. The van der Waals surface area contributed by atoms with Crippen LogP contribution in [0, 0.1) is 10.1 Å². The largest absolute Gasteiger partial charge is 0.481 e. The molecule has 0 aliphatic rings. The van der Waals surface area contributed by atoms with Crippen molar-refractivity contribution in [2.24, 2.45) is 0 Å². The molecule has 1 rings (SSSR count). The molecule has 8 heteroatoms. The second kappa shape index (κ2) is 5.80. The number of carbonyl (C=O) groups excluding carboxylic acids is 1. The predicted molar refractivity (Wildman–Crippen MR) is 61.3 cm³/mol. The number of rotatable bonds is 6. The van der Waals surface area contributed by atoms with Gasteiger partial charge in [0.2, 0.25) is 0 Å². The summed E-state index contributed by atoms with van der Waals surface area (Å²) in [6.07, 6.45) is 0.308. The summed E-state index contributed by atoms with van der Waals surface area (Å²) in [6.45, 7) is 0.276. The van der Waals surface area contributed by atoms with Gasteiger partial charge in [0.1, 0.15) is 0 Å². The number of aromatic nitrogens is 1. The molecule has 0 aromatic carbocycles. The highest BCUT2D eigenvalue weighted by Crippen LogP contribution is 2.11. The minimum atomic E-state index is -0.925. The summed E-state index contributed by atoms with van der Waals surface area (Å²) in [5, 5.41) is 18.9. The zero-order valence-corrected chi connectivity index (χ0v) is 9.75. The van der Waals surface area contributed by atoms with E-state index in [0.717, 1.165) is 0 Å². The van der Waals surface area contributed by atoms with E-state index in [1.165, 1.54) is 24.1 Å². The Bertz CT molecular complexity index is 468. The third-order valence-corrected chi connectivity index (χ3v) is 2.33. The van der Waals surface area contributed by atoms with Crippen LogP contribution in [0.15, 0.2) is 12.1 Å². The zero-order valence-electron chi connectivity index (χ0n) is 9.75. The molecule has 1 amide bonds. The van der Waals surface area contributed by atoms with Gasteiger partial charge in [0.15, 0.2) is 5.69 Å². The number of carboxylic acids is 1. The summed E-state index contributed by atoms with van der Waals surface area (Å²) in [5.74, 6) is -1.59. The van der Waals surface area contributed by atoms with Crippen molar-refractivity contribution < 1.29 is 19.6 Å². The first-order valence-electron chi connectivity index (χ1n) is 5.22. The number of nitrogens with zero attached hydrogens (tertiary/aromatic N) is 2. The van der Waals surface area contributed by atoms with E-state index < -0.39 is 16.8 Å². The van der Waals surface area contributed by atoms with Crippen LogP contribution in [0.25, 0.3) is 0 Å². The Hall–Kier alpha value is -2.38. The number of carbonyl (C=O) groups is 2. The Balaban J connectivity index is 2.57. The van der Waals surface area contributed by atoms with Crippen LogP contribution in [0.3, 0.4) is 0 Å². The maximum Gasteiger partial charge on any atom is 0.321 e. The van der Waals surface area contributed by atoms with Crippen LogP contribution in [0.2, 0.25) is 0 Å². The molecule has 0 aliphatic carbocycles. The van der Waals surface area contributed by atoms with Crippen LogP contribution in [-0.2, 0) is 4.79 Å². The number of carboxylic acid groups (broad SMARTS) is 1. The molecule has 0 saturated heterocycles. The number of hydrogen-bond acceptors (Lipinski definition) is 4. The predicted octanol–water partition coefficient (Wildman–Crippen LogP) is 0.860.